The van der Waals surface area contributed by atoms with Crippen LogP contribution in [0.2, 0.25) is 0 Å². The number of nitrogens with one attached hydrogen (secondary N) is 4. The number of likely N-dealkylation sites (tertiary alicyclic amines) is 1. The predicted octanol–water partition coefficient (Wildman–Crippen LogP) is 2.26. The number of rotatable bonds is 21. The van der Waals surface area contributed by atoms with Gasteiger partial charge in [0.2, 0.25) is 24.1 Å². The molecule has 1 aliphatic heterocycles. The third-order valence-electron chi connectivity index (χ3n) is 10.1. The van der Waals surface area contributed by atoms with Crippen molar-refractivity contribution in [1.82, 2.24) is 25.2 Å². The number of likely N-dealkylation sites (N-methyl/N-ethyl adjacent to an activating group) is 1. The molecule has 0 aliphatic carbocycles. The zero-order valence-corrected chi connectivity index (χ0v) is 32.6. The van der Waals surface area contributed by atoms with Gasteiger partial charge in [0.15, 0.2) is 11.0 Å². The molecule has 2 aromatic carbocycles. The summed E-state index contributed by atoms with van der Waals surface area (Å²) >= 11 is 0. The first kappa shape index (κ1) is 43.1. The molecule has 14 nitrogen and oxygen atoms in total. The number of carbonyl (C=O) groups excluding carboxylic acids is 5. The molecule has 1 heterocycles. The van der Waals surface area contributed by atoms with Gasteiger partial charge in [-0.25, -0.2) is 4.21 Å². The van der Waals surface area contributed by atoms with Crippen molar-refractivity contribution in [3.05, 3.63) is 60.2 Å². The summed E-state index contributed by atoms with van der Waals surface area (Å²) in [6.07, 6.45) is 1.31. The molecular formula is C38H56N6O8S. The lowest BCUT2D eigenvalue weighted by atomic mass is 9.90. The van der Waals surface area contributed by atoms with Crippen LogP contribution in [0.4, 0.5) is 5.69 Å². The van der Waals surface area contributed by atoms with E-state index in [1.165, 1.54) is 19.1 Å². The molecule has 3 rings (SSSR count). The van der Waals surface area contributed by atoms with Crippen LogP contribution in [0, 0.1) is 11.8 Å². The highest BCUT2D eigenvalue weighted by Gasteiger charge is 2.42. The van der Waals surface area contributed by atoms with Crippen molar-refractivity contribution in [3.8, 4) is 0 Å². The number of methoxy groups -OCH3 is 2. The molecule has 1 aliphatic rings. The van der Waals surface area contributed by atoms with Crippen LogP contribution in [-0.4, -0.2) is 116 Å². The Kier molecular flexibility index (Phi) is 17.4. The lowest BCUT2D eigenvalue weighted by Crippen LogP contribution is -2.55. The summed E-state index contributed by atoms with van der Waals surface area (Å²) in [6, 6.07) is 14.1. The number of hydrogen-bond acceptors (Lipinski definition) is 9. The fourth-order valence-corrected chi connectivity index (χ4v) is 7.73. The molecule has 2 aromatic rings. The Morgan fingerprint density at radius 1 is 1.02 bits per heavy atom. The number of nitrogens with zero attached hydrogens (tertiary/aromatic N) is 2. The summed E-state index contributed by atoms with van der Waals surface area (Å²) in [4.78, 5) is 68.8. The van der Waals surface area contributed by atoms with E-state index >= 15 is 0 Å². The second kappa shape index (κ2) is 21.4. The van der Waals surface area contributed by atoms with Crippen molar-refractivity contribution in [2.75, 3.05) is 46.7 Å². The fraction of sp³-hybridized carbons (Fsp3) is 0.553. The van der Waals surface area contributed by atoms with Crippen molar-refractivity contribution in [2.45, 2.75) is 88.1 Å². The minimum absolute atomic E-state index is 0.00804. The van der Waals surface area contributed by atoms with Crippen molar-refractivity contribution in [3.63, 3.8) is 0 Å². The molecule has 1 saturated heterocycles. The second-order valence-electron chi connectivity index (χ2n) is 13.4. The Morgan fingerprint density at radius 2 is 1.70 bits per heavy atom. The van der Waals surface area contributed by atoms with Crippen LogP contribution in [0.25, 0.3) is 0 Å². The molecule has 5 amide bonds. The van der Waals surface area contributed by atoms with E-state index in [1.807, 2.05) is 44.2 Å². The smallest absolute Gasteiger partial charge is 0.254 e. The van der Waals surface area contributed by atoms with E-state index in [9.17, 15) is 28.2 Å². The Hall–Kier alpha value is -4.34. The summed E-state index contributed by atoms with van der Waals surface area (Å²) in [7, 11) is 4.56. The van der Waals surface area contributed by atoms with E-state index in [-0.39, 0.29) is 37.1 Å². The molecule has 0 spiro atoms. The van der Waals surface area contributed by atoms with Gasteiger partial charge >= 0.3 is 0 Å². The van der Waals surface area contributed by atoms with Gasteiger partial charge in [-0.15, -0.1) is 0 Å². The van der Waals surface area contributed by atoms with Crippen LogP contribution in [0.3, 0.4) is 0 Å². The number of benzene rings is 2. The van der Waals surface area contributed by atoms with Gasteiger partial charge in [0.1, 0.15) is 6.04 Å². The van der Waals surface area contributed by atoms with Crippen molar-refractivity contribution in [1.29, 1.82) is 0 Å². The zero-order valence-electron chi connectivity index (χ0n) is 31.8. The summed E-state index contributed by atoms with van der Waals surface area (Å²) in [5.41, 5.74) is 1.63. The van der Waals surface area contributed by atoms with Gasteiger partial charge < -0.3 is 35.2 Å². The van der Waals surface area contributed by atoms with E-state index in [2.05, 4.69) is 20.7 Å². The van der Waals surface area contributed by atoms with E-state index in [1.54, 1.807) is 50.2 Å². The molecule has 53 heavy (non-hydrogen) atoms. The standard InChI is InChI=1S/C38H56N6O8S/c1-8-25(2)35(43(5)34(47)23-40-24-45)32(51-6)22-33(46)44-20-12-15-31(44)36(52-7)26(3)37(48)41-30(21-27-13-10-9-11-14-27)38(49)42-53(50)29-18-16-28(39-4)17-19-29/h9-11,13-14,16-19,24-26,30-32,35-36,39H,8,12,15,20-23H2,1-7H3,(H,40,45)(H,41,48)(H,42,49). The molecular weight excluding hydrogens is 701 g/mol. The largest absolute Gasteiger partial charge is 0.388 e. The van der Waals surface area contributed by atoms with Crippen LogP contribution < -0.4 is 20.7 Å². The summed E-state index contributed by atoms with van der Waals surface area (Å²) in [6.45, 7) is 5.98. The number of carbonyl (C=O) groups is 5. The third kappa shape index (κ3) is 11.8. The first-order chi connectivity index (χ1) is 25.4. The quantitative estimate of drug-likeness (QED) is 0.139. The summed E-state index contributed by atoms with van der Waals surface area (Å²) in [5, 5.41) is 8.27. The van der Waals surface area contributed by atoms with Gasteiger partial charge in [-0.2, -0.15) is 0 Å². The number of hydrogen-bond donors (Lipinski definition) is 4. The first-order valence-corrected chi connectivity index (χ1v) is 19.2. The fourth-order valence-electron chi connectivity index (χ4n) is 6.91. The maximum absolute atomic E-state index is 14.0. The Bertz CT molecular complexity index is 1530. The molecule has 8 atom stereocenters. The van der Waals surface area contributed by atoms with Gasteiger partial charge in [0.25, 0.3) is 5.91 Å². The van der Waals surface area contributed by atoms with E-state index in [4.69, 9.17) is 9.47 Å². The maximum Gasteiger partial charge on any atom is 0.254 e. The molecule has 0 radical (unpaired) electrons. The van der Waals surface area contributed by atoms with Crippen molar-refractivity contribution in [2.24, 2.45) is 11.8 Å². The Morgan fingerprint density at radius 3 is 2.28 bits per heavy atom. The molecule has 0 saturated carbocycles. The molecule has 0 aromatic heterocycles. The Balaban J connectivity index is 1.77. The number of ether oxygens (including phenoxy) is 2. The SMILES string of the molecule is CCC(C)C(C(CC(=O)N1CCCC1C(OC)C(C)C(=O)NC(Cc1ccccc1)C(=O)NS(=O)c1ccc(NC)cc1)OC)N(C)C(=O)CNC=O. The first-order valence-electron chi connectivity index (χ1n) is 18.0. The van der Waals surface area contributed by atoms with Crippen molar-refractivity contribution >= 4 is 46.7 Å². The Labute approximate surface area is 315 Å². The van der Waals surface area contributed by atoms with Gasteiger partial charge in [0, 0.05) is 47.0 Å². The number of amides is 5. The minimum Gasteiger partial charge on any atom is -0.388 e. The minimum atomic E-state index is -1.87. The van der Waals surface area contributed by atoms with Crippen LogP contribution >= 0.6 is 0 Å². The molecule has 4 N–H and O–H groups in total. The highest BCUT2D eigenvalue weighted by Crippen LogP contribution is 2.29. The van der Waals surface area contributed by atoms with Crippen LogP contribution in [-0.2, 0) is 50.9 Å². The van der Waals surface area contributed by atoms with E-state index in [0.717, 1.165) is 17.7 Å². The average molecular weight is 757 g/mol. The van der Waals surface area contributed by atoms with Crippen LogP contribution in [0.5, 0.6) is 0 Å². The zero-order chi connectivity index (χ0) is 39.1. The normalized spacial score (nSPS) is 18.0. The highest BCUT2D eigenvalue weighted by molar-refractivity contribution is 7.83. The van der Waals surface area contributed by atoms with Gasteiger partial charge in [-0.05, 0) is 48.6 Å². The molecule has 1 fully saturated rings. The summed E-state index contributed by atoms with van der Waals surface area (Å²) in [5.74, 6) is -2.34. The second-order valence-corrected chi connectivity index (χ2v) is 14.6. The topological polar surface area (TPSA) is 175 Å². The lowest BCUT2D eigenvalue weighted by molar-refractivity contribution is -0.145. The average Bonchev–Trinajstić information content (AvgIpc) is 3.66. The monoisotopic (exact) mass is 756 g/mol. The van der Waals surface area contributed by atoms with Gasteiger partial charge in [-0.3, -0.25) is 28.7 Å². The predicted molar refractivity (Wildman–Crippen MR) is 203 cm³/mol. The molecule has 292 valence electrons. The molecule has 0 bridgehead atoms. The summed E-state index contributed by atoms with van der Waals surface area (Å²) < 4.78 is 27.4. The highest BCUT2D eigenvalue weighted by atomic mass is 32.2. The van der Waals surface area contributed by atoms with Crippen LogP contribution in [0.15, 0.2) is 59.5 Å². The van der Waals surface area contributed by atoms with Crippen LogP contribution in [0.1, 0.15) is 52.0 Å². The lowest BCUT2D eigenvalue weighted by Gasteiger charge is -2.39. The molecule has 8 unspecified atom stereocenters. The van der Waals surface area contributed by atoms with E-state index in [0.29, 0.717) is 30.7 Å². The van der Waals surface area contributed by atoms with Gasteiger partial charge in [-0.1, -0.05) is 57.5 Å². The van der Waals surface area contributed by atoms with E-state index < -0.39 is 59.1 Å². The maximum atomic E-state index is 14.0. The third-order valence-corrected chi connectivity index (χ3v) is 11.2. The van der Waals surface area contributed by atoms with Gasteiger partial charge in [0.05, 0.1) is 48.1 Å². The molecule has 15 heteroatoms. The van der Waals surface area contributed by atoms with Crippen molar-refractivity contribution < 1.29 is 37.7 Å². The number of anilines is 1.